The third-order valence-electron chi connectivity index (χ3n) is 5.46. The van der Waals surface area contributed by atoms with Crippen LogP contribution in [0.25, 0.3) is 0 Å². The lowest BCUT2D eigenvalue weighted by atomic mass is 10.1. The smallest absolute Gasteiger partial charge is 0.338 e. The van der Waals surface area contributed by atoms with E-state index in [-0.39, 0.29) is 23.5 Å². The molecule has 1 aliphatic heterocycles. The zero-order chi connectivity index (χ0) is 23.6. The van der Waals surface area contributed by atoms with Crippen molar-refractivity contribution in [3.63, 3.8) is 0 Å². The number of amides is 1. The molecule has 0 bridgehead atoms. The number of anilines is 2. The van der Waals surface area contributed by atoms with Gasteiger partial charge in [0, 0.05) is 23.0 Å². The fraction of sp³-hybridized carbons (Fsp3) is 0.200. The Balaban J connectivity index is 1.55. The molecule has 170 valence electrons. The second-order valence-electron chi connectivity index (χ2n) is 7.79. The van der Waals surface area contributed by atoms with E-state index in [1.165, 1.54) is 30.3 Å². The minimum absolute atomic E-state index is 0.0889. The lowest BCUT2D eigenvalue weighted by Crippen LogP contribution is -2.35. The van der Waals surface area contributed by atoms with Gasteiger partial charge in [0.25, 0.3) is 15.9 Å². The first-order valence-corrected chi connectivity index (χ1v) is 12.1. The van der Waals surface area contributed by atoms with Crippen LogP contribution in [0.3, 0.4) is 0 Å². The van der Waals surface area contributed by atoms with Gasteiger partial charge in [-0.1, -0.05) is 18.2 Å². The number of nitrogens with one attached hydrogen (secondary N) is 1. The van der Waals surface area contributed by atoms with E-state index < -0.39 is 16.0 Å². The van der Waals surface area contributed by atoms with Crippen molar-refractivity contribution in [1.29, 1.82) is 0 Å². The van der Waals surface area contributed by atoms with E-state index in [2.05, 4.69) is 4.72 Å². The molecular formula is C25H24N2O5S. The highest BCUT2D eigenvalue weighted by Gasteiger charge is 2.32. The lowest BCUT2D eigenvalue weighted by Gasteiger charge is -2.23. The number of hydrogen-bond acceptors (Lipinski definition) is 5. The Morgan fingerprint density at radius 2 is 1.70 bits per heavy atom. The van der Waals surface area contributed by atoms with Crippen molar-refractivity contribution in [2.24, 2.45) is 0 Å². The predicted molar refractivity (Wildman–Crippen MR) is 126 cm³/mol. The highest BCUT2D eigenvalue weighted by Crippen LogP contribution is 2.35. The van der Waals surface area contributed by atoms with Gasteiger partial charge in [-0.15, -0.1) is 0 Å². The van der Waals surface area contributed by atoms with Gasteiger partial charge in [0.05, 0.1) is 17.1 Å². The number of fused-ring (bicyclic) bond motifs is 1. The topological polar surface area (TPSA) is 92.8 Å². The van der Waals surface area contributed by atoms with Gasteiger partial charge >= 0.3 is 5.97 Å². The molecule has 0 saturated heterocycles. The van der Waals surface area contributed by atoms with Crippen LogP contribution in [0.5, 0.6) is 0 Å². The first-order valence-electron chi connectivity index (χ1n) is 10.6. The number of esters is 1. The molecule has 0 radical (unpaired) electrons. The van der Waals surface area contributed by atoms with Crippen molar-refractivity contribution in [2.45, 2.75) is 31.2 Å². The number of rotatable bonds is 6. The Hall–Kier alpha value is -3.65. The summed E-state index contributed by atoms with van der Waals surface area (Å²) in [5.74, 6) is -0.577. The maximum absolute atomic E-state index is 13.0. The van der Waals surface area contributed by atoms with Crippen LogP contribution in [0.1, 0.15) is 40.1 Å². The van der Waals surface area contributed by atoms with Crippen molar-refractivity contribution in [1.82, 2.24) is 0 Å². The van der Waals surface area contributed by atoms with Crippen LogP contribution in [0.15, 0.2) is 77.7 Å². The van der Waals surface area contributed by atoms with E-state index in [1.807, 2.05) is 25.1 Å². The SMILES string of the molecule is CCOC(=O)c1ccc(NS(=O)(=O)c2ccc3c(c2)C[C@H](C)N3C(=O)c2ccccc2)cc1. The van der Waals surface area contributed by atoms with Crippen molar-refractivity contribution >= 4 is 33.3 Å². The lowest BCUT2D eigenvalue weighted by molar-refractivity contribution is 0.0526. The second-order valence-corrected chi connectivity index (χ2v) is 9.47. The van der Waals surface area contributed by atoms with Crippen LogP contribution in [0, 0.1) is 0 Å². The van der Waals surface area contributed by atoms with E-state index >= 15 is 0 Å². The summed E-state index contributed by atoms with van der Waals surface area (Å²) in [7, 11) is -3.86. The second kappa shape index (κ2) is 9.07. The van der Waals surface area contributed by atoms with Crippen molar-refractivity contribution in [3.05, 3.63) is 89.5 Å². The van der Waals surface area contributed by atoms with E-state index in [0.29, 0.717) is 28.9 Å². The Morgan fingerprint density at radius 1 is 1.00 bits per heavy atom. The molecule has 0 spiro atoms. The highest BCUT2D eigenvalue weighted by atomic mass is 32.2. The molecule has 0 aliphatic carbocycles. The van der Waals surface area contributed by atoms with Crippen LogP contribution in [-0.4, -0.2) is 32.9 Å². The van der Waals surface area contributed by atoms with Crippen LogP contribution >= 0.6 is 0 Å². The third kappa shape index (κ3) is 4.61. The van der Waals surface area contributed by atoms with Gasteiger partial charge in [0.15, 0.2) is 0 Å². The number of sulfonamides is 1. The van der Waals surface area contributed by atoms with Crippen LogP contribution in [0.2, 0.25) is 0 Å². The summed E-state index contributed by atoms with van der Waals surface area (Å²) in [4.78, 5) is 26.6. The Morgan fingerprint density at radius 3 is 2.36 bits per heavy atom. The fourth-order valence-corrected chi connectivity index (χ4v) is 5.02. The minimum atomic E-state index is -3.86. The molecule has 0 unspecified atom stereocenters. The van der Waals surface area contributed by atoms with Crippen molar-refractivity contribution in [3.8, 4) is 0 Å². The number of carbonyl (C=O) groups excluding carboxylic acids is 2. The monoisotopic (exact) mass is 464 g/mol. The summed E-state index contributed by atoms with van der Waals surface area (Å²) in [5.41, 5.74) is 2.77. The molecular weight excluding hydrogens is 440 g/mol. The molecule has 1 heterocycles. The van der Waals surface area contributed by atoms with Crippen molar-refractivity contribution < 1.29 is 22.7 Å². The zero-order valence-electron chi connectivity index (χ0n) is 18.3. The summed E-state index contributed by atoms with van der Waals surface area (Å²) < 4.78 is 33.4. The van der Waals surface area contributed by atoms with Gasteiger partial charge in [-0.25, -0.2) is 13.2 Å². The molecule has 4 rings (SSSR count). The number of hydrogen-bond donors (Lipinski definition) is 1. The van der Waals surface area contributed by atoms with Crippen LogP contribution < -0.4 is 9.62 Å². The normalized spacial score (nSPS) is 15.1. The molecule has 3 aromatic rings. The fourth-order valence-electron chi connectivity index (χ4n) is 3.91. The van der Waals surface area contributed by atoms with Gasteiger partial charge in [-0.2, -0.15) is 0 Å². The molecule has 33 heavy (non-hydrogen) atoms. The standard InChI is InChI=1S/C25H24N2O5S/c1-3-32-25(29)19-9-11-21(12-10-19)26-33(30,31)22-13-14-23-20(16-22)15-17(2)27(23)24(28)18-7-5-4-6-8-18/h4-14,16-17,26H,3,15H2,1-2H3/t17-/m0/s1. The molecule has 0 aromatic heterocycles. The van der Waals surface area contributed by atoms with Gasteiger partial charge in [-0.05, 0) is 80.4 Å². The number of nitrogens with zero attached hydrogens (tertiary/aromatic N) is 1. The molecule has 8 heteroatoms. The number of benzene rings is 3. The predicted octanol–water partition coefficient (Wildman–Crippen LogP) is 4.26. The molecule has 1 aliphatic rings. The van der Waals surface area contributed by atoms with Gasteiger partial charge < -0.3 is 9.64 Å². The largest absolute Gasteiger partial charge is 0.462 e. The van der Waals surface area contributed by atoms with E-state index in [1.54, 1.807) is 36.1 Å². The zero-order valence-corrected chi connectivity index (χ0v) is 19.1. The summed E-state index contributed by atoms with van der Waals surface area (Å²) in [5, 5.41) is 0. The molecule has 0 saturated carbocycles. The van der Waals surface area contributed by atoms with Crippen LogP contribution in [0.4, 0.5) is 11.4 Å². The van der Waals surface area contributed by atoms with E-state index in [0.717, 1.165) is 5.56 Å². The third-order valence-corrected chi connectivity index (χ3v) is 6.84. The average molecular weight is 465 g/mol. The highest BCUT2D eigenvalue weighted by molar-refractivity contribution is 7.92. The van der Waals surface area contributed by atoms with Gasteiger partial charge in [0.2, 0.25) is 0 Å². The number of ether oxygens (including phenoxy) is 1. The summed E-state index contributed by atoms with van der Waals surface area (Å²) in [6, 6.07) is 19.8. The Labute approximate surface area is 193 Å². The van der Waals surface area contributed by atoms with Crippen LogP contribution in [-0.2, 0) is 21.2 Å². The molecule has 7 nitrogen and oxygen atoms in total. The summed E-state index contributed by atoms with van der Waals surface area (Å²) >= 11 is 0. The molecule has 0 fully saturated rings. The number of carbonyl (C=O) groups is 2. The van der Waals surface area contributed by atoms with E-state index in [9.17, 15) is 18.0 Å². The van der Waals surface area contributed by atoms with E-state index in [4.69, 9.17) is 4.74 Å². The maximum atomic E-state index is 13.0. The Kier molecular flexibility index (Phi) is 6.20. The molecule has 3 aromatic carbocycles. The maximum Gasteiger partial charge on any atom is 0.338 e. The summed E-state index contributed by atoms with van der Waals surface area (Å²) in [6.45, 7) is 3.92. The first kappa shape index (κ1) is 22.5. The molecule has 1 atom stereocenters. The molecule has 1 N–H and O–H groups in total. The van der Waals surface area contributed by atoms with Gasteiger partial charge in [0.1, 0.15) is 0 Å². The van der Waals surface area contributed by atoms with Crippen molar-refractivity contribution in [2.75, 3.05) is 16.2 Å². The van der Waals surface area contributed by atoms with Gasteiger partial charge in [-0.3, -0.25) is 9.52 Å². The quantitative estimate of drug-likeness (QED) is 0.551. The molecule has 1 amide bonds. The minimum Gasteiger partial charge on any atom is -0.462 e. The Bertz CT molecular complexity index is 1290. The summed E-state index contributed by atoms with van der Waals surface area (Å²) in [6.07, 6.45) is 0.561. The first-order chi connectivity index (χ1) is 15.8. The average Bonchev–Trinajstić information content (AvgIpc) is 3.14.